The first kappa shape index (κ1) is 13.5. The minimum absolute atomic E-state index is 0.204. The van der Waals surface area contributed by atoms with Crippen molar-refractivity contribution < 1.29 is 13.7 Å². The highest BCUT2D eigenvalue weighted by Crippen LogP contribution is 2.27. The number of nitrogens with two attached hydrogens (primary N) is 1. The van der Waals surface area contributed by atoms with Gasteiger partial charge in [-0.2, -0.15) is 4.98 Å². The maximum absolute atomic E-state index is 13.0. The van der Waals surface area contributed by atoms with Crippen LogP contribution in [0.1, 0.15) is 31.7 Å². The van der Waals surface area contributed by atoms with Gasteiger partial charge in [0.25, 0.3) is 5.89 Å². The normalized spacial score (nSPS) is 12.6. The molecule has 1 unspecified atom stereocenters. The van der Waals surface area contributed by atoms with E-state index < -0.39 is 5.82 Å². The minimum Gasteiger partial charge on any atom is -0.398 e. The Hall–Kier alpha value is -1.95. The van der Waals surface area contributed by atoms with Crippen LogP contribution in [-0.2, 0) is 4.74 Å². The molecule has 1 aromatic carbocycles. The largest absolute Gasteiger partial charge is 0.398 e. The molecule has 0 radical (unpaired) electrons. The number of benzene rings is 1. The van der Waals surface area contributed by atoms with E-state index in [4.69, 9.17) is 15.0 Å². The SMILES string of the molecule is CCCC(OC)c1noc(-c2ccc(F)cc2N)n1. The fraction of sp³-hybridized carbons (Fsp3) is 0.385. The highest BCUT2D eigenvalue weighted by molar-refractivity contribution is 5.70. The Morgan fingerprint density at radius 1 is 1.47 bits per heavy atom. The summed E-state index contributed by atoms with van der Waals surface area (Å²) in [6.45, 7) is 2.05. The van der Waals surface area contributed by atoms with Crippen LogP contribution >= 0.6 is 0 Å². The van der Waals surface area contributed by atoms with E-state index in [9.17, 15) is 4.39 Å². The average Bonchev–Trinajstić information content (AvgIpc) is 2.85. The topological polar surface area (TPSA) is 74.2 Å². The van der Waals surface area contributed by atoms with Gasteiger partial charge >= 0.3 is 0 Å². The van der Waals surface area contributed by atoms with E-state index in [2.05, 4.69) is 10.1 Å². The number of nitrogen functional groups attached to an aromatic ring is 1. The molecule has 0 aliphatic rings. The smallest absolute Gasteiger partial charge is 0.260 e. The van der Waals surface area contributed by atoms with E-state index in [1.54, 1.807) is 7.11 Å². The number of hydrogen-bond donors (Lipinski definition) is 1. The number of rotatable bonds is 5. The van der Waals surface area contributed by atoms with Crippen LogP contribution in [0.2, 0.25) is 0 Å². The van der Waals surface area contributed by atoms with E-state index in [0.717, 1.165) is 12.8 Å². The van der Waals surface area contributed by atoms with Gasteiger partial charge in [0.05, 0.1) is 5.56 Å². The molecule has 0 aliphatic heterocycles. The van der Waals surface area contributed by atoms with E-state index >= 15 is 0 Å². The van der Waals surface area contributed by atoms with Gasteiger partial charge in [0, 0.05) is 12.8 Å². The van der Waals surface area contributed by atoms with Crippen molar-refractivity contribution in [3.63, 3.8) is 0 Å². The number of hydrogen-bond acceptors (Lipinski definition) is 5. The molecule has 0 amide bonds. The maximum atomic E-state index is 13.0. The van der Waals surface area contributed by atoms with Crippen LogP contribution in [0, 0.1) is 5.82 Å². The van der Waals surface area contributed by atoms with Gasteiger partial charge in [-0.05, 0) is 24.6 Å². The Bertz CT molecular complexity index is 557. The molecule has 19 heavy (non-hydrogen) atoms. The van der Waals surface area contributed by atoms with Gasteiger partial charge in [0.1, 0.15) is 11.9 Å². The van der Waals surface area contributed by atoms with Crippen LogP contribution in [0.25, 0.3) is 11.5 Å². The quantitative estimate of drug-likeness (QED) is 0.841. The van der Waals surface area contributed by atoms with Crippen molar-refractivity contribution in [3.05, 3.63) is 29.8 Å². The minimum atomic E-state index is -0.401. The highest BCUT2D eigenvalue weighted by Gasteiger charge is 2.18. The van der Waals surface area contributed by atoms with Crippen molar-refractivity contribution in [1.29, 1.82) is 0 Å². The van der Waals surface area contributed by atoms with Crippen molar-refractivity contribution in [2.24, 2.45) is 0 Å². The molecule has 2 aromatic rings. The summed E-state index contributed by atoms with van der Waals surface area (Å²) in [5.74, 6) is 0.343. The third-order valence-electron chi connectivity index (χ3n) is 2.81. The van der Waals surface area contributed by atoms with Gasteiger partial charge in [-0.1, -0.05) is 18.5 Å². The van der Waals surface area contributed by atoms with Gasteiger partial charge in [-0.3, -0.25) is 0 Å². The standard InChI is InChI=1S/C13H16FN3O2/c1-3-4-11(18-2)12-16-13(19-17-12)9-6-5-8(14)7-10(9)15/h5-7,11H,3-4,15H2,1-2H3. The molecule has 0 bridgehead atoms. The monoisotopic (exact) mass is 265 g/mol. The van der Waals surface area contributed by atoms with Crippen LogP contribution in [-0.4, -0.2) is 17.3 Å². The molecule has 1 atom stereocenters. The Morgan fingerprint density at radius 2 is 2.26 bits per heavy atom. The Labute approximate surface area is 110 Å². The molecule has 0 spiro atoms. The lowest BCUT2D eigenvalue weighted by Crippen LogP contribution is -2.03. The second kappa shape index (κ2) is 5.79. The van der Waals surface area contributed by atoms with Crippen LogP contribution in [0.3, 0.4) is 0 Å². The second-order valence-corrected chi connectivity index (χ2v) is 4.20. The van der Waals surface area contributed by atoms with Crippen LogP contribution in [0.5, 0.6) is 0 Å². The third kappa shape index (κ3) is 2.90. The first-order valence-electron chi connectivity index (χ1n) is 6.07. The third-order valence-corrected chi connectivity index (χ3v) is 2.81. The molecule has 0 saturated carbocycles. The zero-order valence-corrected chi connectivity index (χ0v) is 10.9. The van der Waals surface area contributed by atoms with Gasteiger partial charge in [0.15, 0.2) is 0 Å². The summed E-state index contributed by atoms with van der Waals surface area (Å²) < 4.78 is 23.4. The number of methoxy groups -OCH3 is 1. The molecule has 2 rings (SSSR count). The lowest BCUT2D eigenvalue weighted by atomic mass is 10.1. The van der Waals surface area contributed by atoms with Crippen molar-refractivity contribution >= 4 is 5.69 Å². The Balaban J connectivity index is 2.29. The molecule has 1 heterocycles. The molecule has 1 aromatic heterocycles. The number of halogens is 1. The first-order chi connectivity index (χ1) is 9.15. The number of anilines is 1. The lowest BCUT2D eigenvalue weighted by Gasteiger charge is -2.08. The highest BCUT2D eigenvalue weighted by atomic mass is 19.1. The fourth-order valence-corrected chi connectivity index (χ4v) is 1.82. The van der Waals surface area contributed by atoms with Gasteiger partial charge in [-0.15, -0.1) is 0 Å². The van der Waals surface area contributed by atoms with Gasteiger partial charge < -0.3 is 15.0 Å². The first-order valence-corrected chi connectivity index (χ1v) is 6.07. The van der Waals surface area contributed by atoms with Gasteiger partial charge in [-0.25, -0.2) is 4.39 Å². The van der Waals surface area contributed by atoms with Crippen molar-refractivity contribution in [2.75, 3.05) is 12.8 Å². The molecule has 6 heteroatoms. The maximum Gasteiger partial charge on any atom is 0.260 e. The van der Waals surface area contributed by atoms with E-state index in [0.29, 0.717) is 11.4 Å². The second-order valence-electron chi connectivity index (χ2n) is 4.20. The summed E-state index contributed by atoms with van der Waals surface area (Å²) in [5, 5.41) is 3.89. The molecular formula is C13H16FN3O2. The Kier molecular flexibility index (Phi) is 4.11. The molecule has 0 aliphatic carbocycles. The molecule has 0 saturated heterocycles. The summed E-state index contributed by atoms with van der Waals surface area (Å²) >= 11 is 0. The summed E-state index contributed by atoms with van der Waals surface area (Å²) in [4.78, 5) is 4.26. The van der Waals surface area contributed by atoms with E-state index in [1.165, 1.54) is 18.2 Å². The number of nitrogens with zero attached hydrogens (tertiary/aromatic N) is 2. The van der Waals surface area contributed by atoms with Crippen LogP contribution in [0.15, 0.2) is 22.7 Å². The summed E-state index contributed by atoms with van der Waals surface area (Å²) in [6.07, 6.45) is 1.54. The summed E-state index contributed by atoms with van der Waals surface area (Å²) in [6, 6.07) is 4.04. The fourth-order valence-electron chi connectivity index (χ4n) is 1.82. The zero-order valence-electron chi connectivity index (χ0n) is 10.9. The van der Waals surface area contributed by atoms with E-state index in [1.807, 2.05) is 6.92 Å². The predicted octanol–water partition coefficient (Wildman–Crippen LogP) is 2.95. The summed E-state index contributed by atoms with van der Waals surface area (Å²) in [5.41, 5.74) is 6.51. The molecular weight excluding hydrogens is 249 g/mol. The number of aromatic nitrogens is 2. The van der Waals surface area contributed by atoms with Crippen LogP contribution in [0.4, 0.5) is 10.1 Å². The van der Waals surface area contributed by atoms with Gasteiger partial charge in [0.2, 0.25) is 5.82 Å². The molecule has 5 nitrogen and oxygen atoms in total. The molecule has 2 N–H and O–H groups in total. The van der Waals surface area contributed by atoms with Crippen molar-refractivity contribution in [3.8, 4) is 11.5 Å². The van der Waals surface area contributed by atoms with Crippen molar-refractivity contribution in [1.82, 2.24) is 10.1 Å². The van der Waals surface area contributed by atoms with E-state index in [-0.39, 0.29) is 17.7 Å². The Morgan fingerprint density at radius 3 is 2.89 bits per heavy atom. The van der Waals surface area contributed by atoms with Crippen molar-refractivity contribution in [2.45, 2.75) is 25.9 Å². The predicted molar refractivity (Wildman–Crippen MR) is 68.8 cm³/mol. The average molecular weight is 265 g/mol. The number of ether oxygens (including phenoxy) is 1. The van der Waals surface area contributed by atoms with Crippen LogP contribution < -0.4 is 5.73 Å². The molecule has 102 valence electrons. The zero-order chi connectivity index (χ0) is 13.8. The lowest BCUT2D eigenvalue weighted by molar-refractivity contribution is 0.0854. The summed E-state index contributed by atoms with van der Waals surface area (Å²) in [7, 11) is 1.60. The molecule has 0 fully saturated rings.